The van der Waals surface area contributed by atoms with Crippen LogP contribution in [0, 0.1) is 5.92 Å². The molecule has 1 aliphatic heterocycles. The summed E-state index contributed by atoms with van der Waals surface area (Å²) < 4.78 is 12.1. The van der Waals surface area contributed by atoms with Crippen LogP contribution in [0.5, 0.6) is 0 Å². The van der Waals surface area contributed by atoms with Crippen LogP contribution in [0.25, 0.3) is 0 Å². The Bertz CT molecular complexity index is 376. The Kier molecular flexibility index (Phi) is 7.25. The van der Waals surface area contributed by atoms with Crippen molar-refractivity contribution in [3.63, 3.8) is 0 Å². The van der Waals surface area contributed by atoms with Gasteiger partial charge in [-0.1, -0.05) is 63.4 Å². The summed E-state index contributed by atoms with van der Waals surface area (Å²) in [6.07, 6.45) is 8.51. The topological polar surface area (TPSA) is 18.5 Å². The average Bonchev–Trinajstić information content (AvgIpc) is 2.88. The van der Waals surface area contributed by atoms with E-state index in [0.717, 1.165) is 25.9 Å². The second-order valence-corrected chi connectivity index (χ2v) is 6.16. The molecule has 1 aromatic carbocycles. The first-order valence-corrected chi connectivity index (χ1v) is 8.64. The zero-order valence-electron chi connectivity index (χ0n) is 13.6. The van der Waals surface area contributed by atoms with Crippen LogP contribution in [-0.4, -0.2) is 19.0 Å². The van der Waals surface area contributed by atoms with Gasteiger partial charge in [-0.15, -0.1) is 0 Å². The quantitative estimate of drug-likeness (QED) is 0.598. The van der Waals surface area contributed by atoms with E-state index in [9.17, 15) is 0 Å². The summed E-state index contributed by atoms with van der Waals surface area (Å²) in [5.74, 6) is 0.602. The van der Waals surface area contributed by atoms with Crippen molar-refractivity contribution in [3.05, 3.63) is 35.9 Å². The molecule has 0 radical (unpaired) electrons. The van der Waals surface area contributed by atoms with Gasteiger partial charge in [0.2, 0.25) is 0 Å². The van der Waals surface area contributed by atoms with Gasteiger partial charge in [-0.05, 0) is 30.7 Å². The fourth-order valence-corrected chi connectivity index (χ4v) is 3.07. The van der Waals surface area contributed by atoms with Crippen molar-refractivity contribution in [1.82, 2.24) is 0 Å². The molecule has 2 nitrogen and oxygen atoms in total. The van der Waals surface area contributed by atoms with E-state index in [0.29, 0.717) is 12.0 Å². The van der Waals surface area contributed by atoms with E-state index in [4.69, 9.17) is 9.47 Å². The van der Waals surface area contributed by atoms with Gasteiger partial charge in [0.15, 0.2) is 6.29 Å². The van der Waals surface area contributed by atoms with Gasteiger partial charge in [-0.3, -0.25) is 0 Å². The lowest BCUT2D eigenvalue weighted by Crippen LogP contribution is -2.18. The lowest BCUT2D eigenvalue weighted by Gasteiger charge is -2.18. The summed E-state index contributed by atoms with van der Waals surface area (Å²) in [5.41, 5.74) is 1.42. The molecule has 0 spiro atoms. The van der Waals surface area contributed by atoms with Crippen LogP contribution in [0.3, 0.4) is 0 Å². The summed E-state index contributed by atoms with van der Waals surface area (Å²) in [6.45, 7) is 5.28. The maximum Gasteiger partial charge on any atom is 0.158 e. The van der Waals surface area contributed by atoms with Crippen molar-refractivity contribution >= 4 is 0 Å². The maximum atomic E-state index is 6.17. The minimum atomic E-state index is 0.0205. The Hall–Kier alpha value is -0.860. The molecule has 1 aromatic rings. The largest absolute Gasteiger partial charge is 0.353 e. The Morgan fingerprint density at radius 2 is 1.86 bits per heavy atom. The molecule has 2 heteroatoms. The highest BCUT2D eigenvalue weighted by Gasteiger charge is 2.35. The summed E-state index contributed by atoms with van der Waals surface area (Å²) in [4.78, 5) is 0. The SMILES string of the molecule is CCCCOC1C[C@H](Cc2ccccc2)[C@@H](CCCC)O1. The molecule has 1 fully saturated rings. The van der Waals surface area contributed by atoms with Crippen LogP contribution >= 0.6 is 0 Å². The Balaban J connectivity index is 1.88. The number of hydrogen-bond acceptors (Lipinski definition) is 2. The molecule has 1 heterocycles. The first-order valence-electron chi connectivity index (χ1n) is 8.64. The van der Waals surface area contributed by atoms with Gasteiger partial charge in [0, 0.05) is 13.0 Å². The third kappa shape index (κ3) is 5.44. The highest BCUT2D eigenvalue weighted by molar-refractivity contribution is 5.15. The van der Waals surface area contributed by atoms with Crippen molar-refractivity contribution in [2.24, 2.45) is 5.92 Å². The molecule has 0 aliphatic carbocycles. The van der Waals surface area contributed by atoms with E-state index in [2.05, 4.69) is 44.2 Å². The first kappa shape index (κ1) is 16.5. The number of hydrogen-bond donors (Lipinski definition) is 0. The van der Waals surface area contributed by atoms with Gasteiger partial charge in [-0.25, -0.2) is 0 Å². The standard InChI is InChI=1S/C19H30O2/c1-3-5-12-18-17(14-16-10-8-7-9-11-16)15-19(21-18)20-13-6-4-2/h7-11,17-19H,3-6,12-15H2,1-2H3/t17-,18+,19?/m0/s1. The minimum absolute atomic E-state index is 0.0205. The van der Waals surface area contributed by atoms with E-state index in [-0.39, 0.29) is 6.29 Å². The highest BCUT2D eigenvalue weighted by atomic mass is 16.7. The smallest absolute Gasteiger partial charge is 0.158 e. The van der Waals surface area contributed by atoms with Gasteiger partial charge in [0.05, 0.1) is 6.10 Å². The van der Waals surface area contributed by atoms with Crippen molar-refractivity contribution in [3.8, 4) is 0 Å². The monoisotopic (exact) mass is 290 g/mol. The average molecular weight is 290 g/mol. The predicted octanol–water partition coefficient (Wildman–Crippen LogP) is 4.97. The Morgan fingerprint density at radius 3 is 2.57 bits per heavy atom. The number of rotatable bonds is 9. The fourth-order valence-electron chi connectivity index (χ4n) is 3.07. The third-order valence-corrected chi connectivity index (χ3v) is 4.33. The summed E-state index contributed by atoms with van der Waals surface area (Å²) in [6, 6.07) is 10.8. The number of benzene rings is 1. The second kappa shape index (κ2) is 9.22. The van der Waals surface area contributed by atoms with Crippen LogP contribution in [0.1, 0.15) is 57.9 Å². The molecule has 1 unspecified atom stereocenters. The van der Waals surface area contributed by atoms with E-state index in [1.54, 1.807) is 0 Å². The van der Waals surface area contributed by atoms with Crippen molar-refractivity contribution in [2.45, 2.75) is 71.2 Å². The van der Waals surface area contributed by atoms with Crippen LogP contribution in [0.15, 0.2) is 30.3 Å². The molecule has 1 saturated heterocycles. The van der Waals surface area contributed by atoms with Crippen LogP contribution in [0.2, 0.25) is 0 Å². The summed E-state index contributed by atoms with van der Waals surface area (Å²) >= 11 is 0. The summed E-state index contributed by atoms with van der Waals surface area (Å²) in [7, 11) is 0. The zero-order valence-corrected chi connectivity index (χ0v) is 13.6. The zero-order chi connectivity index (χ0) is 14.9. The predicted molar refractivity (Wildman–Crippen MR) is 87.3 cm³/mol. The first-order chi connectivity index (χ1) is 10.3. The molecular weight excluding hydrogens is 260 g/mol. The van der Waals surface area contributed by atoms with E-state index < -0.39 is 0 Å². The van der Waals surface area contributed by atoms with Gasteiger partial charge in [0.25, 0.3) is 0 Å². The fraction of sp³-hybridized carbons (Fsp3) is 0.684. The summed E-state index contributed by atoms with van der Waals surface area (Å²) in [5, 5.41) is 0. The van der Waals surface area contributed by atoms with Crippen LogP contribution in [0.4, 0.5) is 0 Å². The molecule has 3 atom stereocenters. The third-order valence-electron chi connectivity index (χ3n) is 4.33. The van der Waals surface area contributed by atoms with Gasteiger partial charge in [-0.2, -0.15) is 0 Å². The van der Waals surface area contributed by atoms with Crippen molar-refractivity contribution in [2.75, 3.05) is 6.61 Å². The lowest BCUT2D eigenvalue weighted by molar-refractivity contribution is -0.136. The number of ether oxygens (including phenoxy) is 2. The van der Waals surface area contributed by atoms with E-state index in [1.807, 2.05) is 0 Å². The molecule has 118 valence electrons. The highest BCUT2D eigenvalue weighted by Crippen LogP contribution is 2.33. The Labute approximate surface area is 129 Å². The van der Waals surface area contributed by atoms with Crippen LogP contribution in [-0.2, 0) is 15.9 Å². The molecule has 0 saturated carbocycles. The molecule has 0 bridgehead atoms. The van der Waals surface area contributed by atoms with Gasteiger partial charge >= 0.3 is 0 Å². The normalized spacial score (nSPS) is 25.3. The van der Waals surface area contributed by atoms with Crippen LogP contribution < -0.4 is 0 Å². The van der Waals surface area contributed by atoms with E-state index >= 15 is 0 Å². The maximum absolute atomic E-state index is 6.17. The molecule has 0 aromatic heterocycles. The number of unbranched alkanes of at least 4 members (excludes halogenated alkanes) is 2. The molecular formula is C19H30O2. The molecule has 2 rings (SSSR count). The Morgan fingerprint density at radius 1 is 1.10 bits per heavy atom. The molecule has 21 heavy (non-hydrogen) atoms. The van der Waals surface area contributed by atoms with Gasteiger partial charge in [0.1, 0.15) is 0 Å². The van der Waals surface area contributed by atoms with Crippen molar-refractivity contribution in [1.29, 1.82) is 0 Å². The lowest BCUT2D eigenvalue weighted by atomic mass is 9.90. The molecule has 0 N–H and O–H groups in total. The molecule has 0 amide bonds. The van der Waals surface area contributed by atoms with Crippen molar-refractivity contribution < 1.29 is 9.47 Å². The minimum Gasteiger partial charge on any atom is -0.353 e. The van der Waals surface area contributed by atoms with Gasteiger partial charge < -0.3 is 9.47 Å². The molecule has 1 aliphatic rings. The second-order valence-electron chi connectivity index (χ2n) is 6.16. The van der Waals surface area contributed by atoms with E-state index in [1.165, 1.54) is 31.2 Å².